The van der Waals surface area contributed by atoms with Crippen molar-refractivity contribution in [2.24, 2.45) is 5.41 Å². The van der Waals surface area contributed by atoms with Gasteiger partial charge in [-0.1, -0.05) is 105 Å². The number of hydrogen-bond acceptors (Lipinski definition) is 10. The Morgan fingerprint density at radius 1 is 0.667 bits per heavy atom. The Kier molecular flexibility index (Phi) is 17.0. The van der Waals surface area contributed by atoms with Gasteiger partial charge in [0.15, 0.2) is 0 Å². The lowest BCUT2D eigenvalue weighted by Gasteiger charge is -2.39. The molecule has 0 fully saturated rings. The average Bonchev–Trinajstić information content (AvgIpc) is 3.06. The maximum atomic E-state index is 13.0. The summed E-state index contributed by atoms with van der Waals surface area (Å²) >= 11 is 3.46. The first-order valence-corrected chi connectivity index (χ1v) is 20.1. The summed E-state index contributed by atoms with van der Waals surface area (Å²) in [4.78, 5) is 13.0. The molecule has 0 unspecified atom stereocenters. The number of ether oxygens (including phenoxy) is 4. The molecule has 0 spiro atoms. The second-order valence-electron chi connectivity index (χ2n) is 12.2. The van der Waals surface area contributed by atoms with Crippen LogP contribution in [0.3, 0.4) is 0 Å². The van der Waals surface area contributed by atoms with Crippen LogP contribution in [0, 0.1) is 5.41 Å². The summed E-state index contributed by atoms with van der Waals surface area (Å²) < 4.78 is 57.1. The molecule has 0 aliphatic rings. The first kappa shape index (κ1) is 40.1. The van der Waals surface area contributed by atoms with Crippen LogP contribution in [0.15, 0.2) is 91.0 Å². The van der Waals surface area contributed by atoms with E-state index in [2.05, 4.69) is 13.8 Å². The van der Waals surface area contributed by atoms with Gasteiger partial charge in [-0.3, -0.25) is 8.98 Å². The molecule has 3 aromatic carbocycles. The van der Waals surface area contributed by atoms with Crippen molar-refractivity contribution in [3.05, 3.63) is 108 Å². The molecule has 0 radical (unpaired) electrons. The monoisotopic (exact) mass is 718 g/mol. The zero-order valence-electron chi connectivity index (χ0n) is 28.8. The van der Waals surface area contributed by atoms with Crippen LogP contribution in [-0.2, 0) is 57.9 Å². The highest BCUT2D eigenvalue weighted by Gasteiger charge is 2.44. The third-order valence-corrected chi connectivity index (χ3v) is 10.4. The van der Waals surface area contributed by atoms with Gasteiger partial charge < -0.3 is 18.9 Å². The van der Waals surface area contributed by atoms with E-state index in [0.717, 1.165) is 34.5 Å². The van der Waals surface area contributed by atoms with E-state index in [1.807, 2.05) is 91.0 Å². The Balaban J connectivity index is 2.15. The number of carbonyl (C=O) groups is 1. The molecule has 48 heavy (non-hydrogen) atoms. The predicted octanol–water partition coefficient (Wildman–Crippen LogP) is 7.51. The highest BCUT2D eigenvalue weighted by atomic mass is 32.2. The van der Waals surface area contributed by atoms with Crippen LogP contribution in [0.25, 0.3) is 0 Å². The molecule has 0 bridgehead atoms. The highest BCUT2D eigenvalue weighted by Crippen LogP contribution is 2.35. The molecule has 0 saturated heterocycles. The minimum Gasteiger partial charge on any atom is -0.462 e. The van der Waals surface area contributed by atoms with Gasteiger partial charge in [0.1, 0.15) is 31.0 Å². The van der Waals surface area contributed by atoms with Crippen LogP contribution < -0.4 is 0 Å². The Bertz CT molecular complexity index is 1430. The largest absolute Gasteiger partial charge is 0.462 e. The predicted molar refractivity (Wildman–Crippen MR) is 195 cm³/mol. The minimum absolute atomic E-state index is 0.108. The zero-order valence-corrected chi connectivity index (χ0v) is 31.2. The standard InChI is InChI=1S/C37H50O8S3/c1-7-46-35(47-8-2)34(43-26-30-22-16-11-17-23-30)33(42-25-29-20-14-10-15-21-29)32(41-24-28-18-12-9-13-19-28)31(45-48(6,39)40)27-44-36(38)37(3,4)5/h9-23,31-35H,7-8,24-27H2,1-6H3/t31-,32+,33+,34-/m1/s1. The van der Waals surface area contributed by atoms with E-state index in [4.69, 9.17) is 23.1 Å². The summed E-state index contributed by atoms with van der Waals surface area (Å²) in [6.07, 6.45) is -2.73. The quantitative estimate of drug-likeness (QED) is 0.0626. The van der Waals surface area contributed by atoms with Crippen molar-refractivity contribution < 1.29 is 36.3 Å². The van der Waals surface area contributed by atoms with E-state index in [0.29, 0.717) is 6.61 Å². The van der Waals surface area contributed by atoms with Crippen molar-refractivity contribution in [2.75, 3.05) is 24.4 Å². The third-order valence-electron chi connectivity index (χ3n) is 7.09. The normalized spacial score (nSPS) is 14.7. The third kappa shape index (κ3) is 14.2. The van der Waals surface area contributed by atoms with Crippen molar-refractivity contribution in [3.63, 3.8) is 0 Å². The van der Waals surface area contributed by atoms with Crippen LogP contribution >= 0.6 is 23.5 Å². The van der Waals surface area contributed by atoms with Gasteiger partial charge >= 0.3 is 5.97 Å². The van der Waals surface area contributed by atoms with Crippen LogP contribution in [0.1, 0.15) is 51.3 Å². The molecule has 264 valence electrons. The van der Waals surface area contributed by atoms with E-state index in [1.54, 1.807) is 44.3 Å². The Morgan fingerprint density at radius 2 is 1.06 bits per heavy atom. The minimum atomic E-state index is -4.04. The topological polar surface area (TPSA) is 97.4 Å². The maximum absolute atomic E-state index is 13.0. The SMILES string of the molecule is CCSC(SCC)[C@H](OCc1ccccc1)[C@@H](OCc1ccccc1)[C@@H](OCc1ccccc1)[C@@H](COC(=O)C(C)(C)C)OS(C)(=O)=O. The second-order valence-corrected chi connectivity index (χ2v) is 17.0. The van der Waals surface area contributed by atoms with Crippen molar-refractivity contribution in [2.45, 2.75) is 83.4 Å². The second kappa shape index (κ2) is 20.3. The molecule has 0 N–H and O–H groups in total. The molecule has 4 atom stereocenters. The number of carbonyl (C=O) groups excluding carboxylic acids is 1. The van der Waals surface area contributed by atoms with Crippen molar-refractivity contribution >= 4 is 39.6 Å². The van der Waals surface area contributed by atoms with E-state index < -0.39 is 45.9 Å². The fraction of sp³-hybridized carbons (Fsp3) is 0.486. The number of hydrogen-bond donors (Lipinski definition) is 0. The van der Waals surface area contributed by atoms with E-state index in [1.165, 1.54) is 0 Å². The molecule has 11 heteroatoms. The fourth-order valence-corrected chi connectivity index (χ4v) is 8.08. The fourth-order valence-electron chi connectivity index (χ4n) is 4.76. The lowest BCUT2D eigenvalue weighted by molar-refractivity contribution is -0.183. The zero-order chi connectivity index (χ0) is 35.0. The van der Waals surface area contributed by atoms with E-state index >= 15 is 0 Å². The van der Waals surface area contributed by atoms with Gasteiger partial charge in [-0.15, -0.1) is 23.5 Å². The molecular formula is C37H50O8S3. The summed E-state index contributed by atoms with van der Waals surface area (Å²) in [5.74, 6) is 1.14. The Labute approximate surface area is 295 Å². The molecule has 8 nitrogen and oxygen atoms in total. The molecule has 0 amide bonds. The Hall–Kier alpha value is -2.38. The number of esters is 1. The summed E-state index contributed by atoms with van der Waals surface area (Å²) in [6, 6.07) is 29.2. The van der Waals surface area contributed by atoms with Gasteiger partial charge in [-0.05, 0) is 49.0 Å². The number of benzene rings is 3. The molecule has 3 aromatic rings. The molecule has 0 heterocycles. The molecule has 0 aromatic heterocycles. The van der Waals surface area contributed by atoms with Gasteiger partial charge in [0.2, 0.25) is 0 Å². The maximum Gasteiger partial charge on any atom is 0.311 e. The molecular weight excluding hydrogens is 669 g/mol. The van der Waals surface area contributed by atoms with Crippen molar-refractivity contribution in [1.29, 1.82) is 0 Å². The van der Waals surface area contributed by atoms with Crippen LogP contribution in [0.2, 0.25) is 0 Å². The van der Waals surface area contributed by atoms with Crippen LogP contribution in [0.4, 0.5) is 0 Å². The van der Waals surface area contributed by atoms with Crippen molar-refractivity contribution in [1.82, 2.24) is 0 Å². The van der Waals surface area contributed by atoms with Gasteiger partial charge in [0.05, 0.1) is 36.1 Å². The first-order valence-electron chi connectivity index (χ1n) is 16.2. The van der Waals surface area contributed by atoms with E-state index in [-0.39, 0.29) is 24.4 Å². The van der Waals surface area contributed by atoms with Crippen molar-refractivity contribution in [3.8, 4) is 0 Å². The summed E-state index contributed by atoms with van der Waals surface area (Å²) in [6.45, 7) is 9.65. The summed E-state index contributed by atoms with van der Waals surface area (Å²) in [5, 5.41) is 0. The lowest BCUT2D eigenvalue weighted by Crippen LogP contribution is -2.54. The van der Waals surface area contributed by atoms with Gasteiger partial charge in [-0.2, -0.15) is 8.42 Å². The molecule has 0 saturated carbocycles. The van der Waals surface area contributed by atoms with Gasteiger partial charge in [-0.25, -0.2) is 0 Å². The van der Waals surface area contributed by atoms with Gasteiger partial charge in [0.25, 0.3) is 10.1 Å². The van der Waals surface area contributed by atoms with E-state index in [9.17, 15) is 13.2 Å². The Morgan fingerprint density at radius 3 is 1.44 bits per heavy atom. The van der Waals surface area contributed by atoms with Crippen LogP contribution in [-0.4, -0.2) is 67.8 Å². The lowest BCUT2D eigenvalue weighted by atomic mass is 9.97. The molecule has 0 aliphatic heterocycles. The number of rotatable bonds is 21. The highest BCUT2D eigenvalue weighted by molar-refractivity contribution is 8.17. The summed E-state index contributed by atoms with van der Waals surface area (Å²) in [5.41, 5.74) is 1.96. The summed E-state index contributed by atoms with van der Waals surface area (Å²) in [7, 11) is -4.04. The van der Waals surface area contributed by atoms with Gasteiger partial charge in [0, 0.05) is 0 Å². The molecule has 3 rings (SSSR count). The average molecular weight is 719 g/mol. The van der Waals surface area contributed by atoms with Crippen LogP contribution in [0.5, 0.6) is 0 Å². The number of thioether (sulfide) groups is 2. The molecule has 0 aliphatic carbocycles. The first-order chi connectivity index (χ1) is 22.9. The smallest absolute Gasteiger partial charge is 0.311 e.